The van der Waals surface area contributed by atoms with Crippen molar-refractivity contribution in [2.75, 3.05) is 7.11 Å². The molecule has 220 valence electrons. The number of alkyl halides is 2. The fourth-order valence-corrected chi connectivity index (χ4v) is 7.55. The number of sulfone groups is 1. The number of amides is 1. The van der Waals surface area contributed by atoms with E-state index in [0.717, 1.165) is 0 Å². The molecule has 0 bridgehead atoms. The molecule has 7 nitrogen and oxygen atoms in total. The molecule has 0 radical (unpaired) electrons. The Balaban J connectivity index is 1.26. The summed E-state index contributed by atoms with van der Waals surface area (Å²) < 4.78 is 65.0. The number of carbonyl (C=O) groups is 2. The number of halogens is 2. The highest BCUT2D eigenvalue weighted by Gasteiger charge is 2.52. The van der Waals surface area contributed by atoms with Crippen molar-refractivity contribution in [3.05, 3.63) is 48.2 Å². The molecule has 6 rings (SSSR count). The molecule has 0 spiro atoms. The topological polar surface area (TPSA) is 103 Å². The first-order valence-corrected chi connectivity index (χ1v) is 15.6. The number of nitrogens with one attached hydrogen (secondary N) is 1. The molecule has 0 aliphatic heterocycles. The van der Waals surface area contributed by atoms with E-state index in [4.69, 9.17) is 15.6 Å². The van der Waals surface area contributed by atoms with E-state index < -0.39 is 45.5 Å². The zero-order valence-corrected chi connectivity index (χ0v) is 24.0. The van der Waals surface area contributed by atoms with E-state index in [-0.39, 0.29) is 46.7 Å². The zero-order valence-electron chi connectivity index (χ0n) is 23.2. The van der Waals surface area contributed by atoms with Crippen molar-refractivity contribution in [1.29, 1.82) is 0 Å². The molecule has 2 aromatic carbocycles. The van der Waals surface area contributed by atoms with E-state index >= 15 is 0 Å². The third-order valence-electron chi connectivity index (χ3n) is 8.89. The molecule has 3 aliphatic carbocycles. The molecule has 3 fully saturated rings. The van der Waals surface area contributed by atoms with Crippen LogP contribution in [0.1, 0.15) is 68.3 Å². The Kier molecular flexibility index (Phi) is 6.72. The summed E-state index contributed by atoms with van der Waals surface area (Å²) in [6.45, 7) is 0. The maximum absolute atomic E-state index is 14.1. The van der Waals surface area contributed by atoms with Crippen molar-refractivity contribution >= 4 is 32.5 Å². The van der Waals surface area contributed by atoms with Crippen molar-refractivity contribution in [2.24, 2.45) is 5.41 Å². The number of furan rings is 1. The molecule has 0 atom stereocenters. The Hall–Kier alpha value is -3.71. The van der Waals surface area contributed by atoms with Gasteiger partial charge in [-0.2, -0.15) is 0 Å². The van der Waals surface area contributed by atoms with Gasteiger partial charge in [-0.15, -0.1) is 6.42 Å². The number of benzene rings is 2. The highest BCUT2D eigenvalue weighted by Crippen LogP contribution is 2.50. The molecule has 3 saturated carbocycles. The molecular weight excluding hydrogens is 564 g/mol. The minimum atomic E-state index is -3.45. The first-order chi connectivity index (χ1) is 19.9. The summed E-state index contributed by atoms with van der Waals surface area (Å²) in [6.07, 6.45) is 6.99. The van der Waals surface area contributed by atoms with Crippen molar-refractivity contribution < 1.29 is 35.9 Å². The summed E-state index contributed by atoms with van der Waals surface area (Å²) in [6, 6.07) is 11.7. The molecule has 1 heterocycles. The normalized spacial score (nSPS) is 20.4. The van der Waals surface area contributed by atoms with Gasteiger partial charge >= 0.3 is 0 Å². The Morgan fingerprint density at radius 1 is 1.02 bits per heavy atom. The standard InChI is InChI=1S/C32H31F2NO6S/c1-3-30(10-11-30)19-28(36)31(12-14-32(33,34)15-13-31)35-29(37)26-18-22-5-4-20(16-24(22)41-26)21-6-9-27(25(17-21)40-2)42(38,39)23-7-8-23/h1,4-6,9,16-18,23H,7-8,10-15,19H2,2H3,(H,35,37). The SMILES string of the molecule is C#CC1(CC(=O)C2(NC(=O)c3cc4ccc(-c5ccc(S(=O)(=O)C6CC6)c(OC)c5)cc4o3)CCC(F)(F)CC2)CC1. The zero-order chi connectivity index (χ0) is 29.9. The van der Waals surface area contributed by atoms with Crippen LogP contribution < -0.4 is 10.1 Å². The van der Waals surface area contributed by atoms with Gasteiger partial charge in [0.1, 0.15) is 16.2 Å². The lowest BCUT2D eigenvalue weighted by Gasteiger charge is -2.39. The fraction of sp³-hybridized carbons (Fsp3) is 0.438. The summed E-state index contributed by atoms with van der Waals surface area (Å²) in [5.41, 5.74) is -0.183. The third kappa shape index (κ3) is 5.19. The number of hydrogen-bond donors (Lipinski definition) is 1. The second-order valence-corrected chi connectivity index (χ2v) is 14.1. The second-order valence-electron chi connectivity index (χ2n) is 11.9. The van der Waals surface area contributed by atoms with Crippen LogP contribution in [0.5, 0.6) is 5.75 Å². The maximum Gasteiger partial charge on any atom is 0.287 e. The number of rotatable bonds is 9. The van der Waals surface area contributed by atoms with Crippen molar-refractivity contribution in [3.8, 4) is 29.2 Å². The van der Waals surface area contributed by atoms with Crippen LogP contribution in [0.15, 0.2) is 51.8 Å². The average Bonchev–Trinajstić information content (AvgIpc) is 3.91. The highest BCUT2D eigenvalue weighted by molar-refractivity contribution is 7.92. The number of ketones is 1. The van der Waals surface area contributed by atoms with E-state index in [2.05, 4.69) is 11.2 Å². The molecule has 3 aromatic rings. The van der Waals surface area contributed by atoms with Crippen LogP contribution >= 0.6 is 0 Å². The Labute approximate surface area is 242 Å². The second kappa shape index (κ2) is 9.94. The molecule has 0 unspecified atom stereocenters. The summed E-state index contributed by atoms with van der Waals surface area (Å²) in [5, 5.41) is 3.02. The first kappa shape index (κ1) is 28.4. The Morgan fingerprint density at radius 2 is 1.69 bits per heavy atom. The van der Waals surface area contributed by atoms with Gasteiger partial charge in [-0.3, -0.25) is 9.59 Å². The van der Waals surface area contributed by atoms with Crippen LogP contribution in [-0.4, -0.2) is 43.9 Å². The minimum Gasteiger partial charge on any atom is -0.495 e. The number of Topliss-reactive ketones (excluding diaryl/α,β-unsaturated/α-hetero) is 1. The molecule has 1 aromatic heterocycles. The van der Waals surface area contributed by atoms with Crippen LogP contribution in [0, 0.1) is 17.8 Å². The maximum atomic E-state index is 14.1. The lowest BCUT2D eigenvalue weighted by Crippen LogP contribution is -2.58. The predicted molar refractivity (Wildman–Crippen MR) is 152 cm³/mol. The largest absolute Gasteiger partial charge is 0.495 e. The average molecular weight is 596 g/mol. The van der Waals surface area contributed by atoms with E-state index in [1.54, 1.807) is 36.4 Å². The number of hydrogen-bond acceptors (Lipinski definition) is 6. The van der Waals surface area contributed by atoms with E-state index in [1.165, 1.54) is 7.11 Å². The molecule has 10 heteroatoms. The lowest BCUT2D eigenvalue weighted by molar-refractivity contribution is -0.131. The van der Waals surface area contributed by atoms with Gasteiger partial charge in [0, 0.05) is 30.1 Å². The van der Waals surface area contributed by atoms with E-state index in [0.29, 0.717) is 47.8 Å². The van der Waals surface area contributed by atoms with Gasteiger partial charge in [-0.05, 0) is 73.9 Å². The van der Waals surface area contributed by atoms with Gasteiger partial charge in [-0.1, -0.05) is 24.1 Å². The summed E-state index contributed by atoms with van der Waals surface area (Å²) in [7, 11) is -2.03. The lowest BCUT2D eigenvalue weighted by atomic mass is 9.74. The van der Waals surface area contributed by atoms with Gasteiger partial charge in [0.25, 0.3) is 5.91 Å². The first-order valence-electron chi connectivity index (χ1n) is 14.1. The third-order valence-corrected chi connectivity index (χ3v) is 11.2. The molecule has 42 heavy (non-hydrogen) atoms. The van der Waals surface area contributed by atoms with Gasteiger partial charge in [0.05, 0.1) is 17.9 Å². The predicted octanol–water partition coefficient (Wildman–Crippen LogP) is 6.10. The van der Waals surface area contributed by atoms with Crippen LogP contribution in [0.2, 0.25) is 0 Å². The van der Waals surface area contributed by atoms with Gasteiger partial charge in [0.2, 0.25) is 5.92 Å². The van der Waals surface area contributed by atoms with Crippen molar-refractivity contribution in [1.82, 2.24) is 5.32 Å². The van der Waals surface area contributed by atoms with Gasteiger partial charge < -0.3 is 14.5 Å². The molecule has 1 N–H and O–H groups in total. The number of ether oxygens (including phenoxy) is 1. The van der Waals surface area contributed by atoms with Crippen LogP contribution in [0.4, 0.5) is 8.78 Å². The monoisotopic (exact) mass is 595 g/mol. The minimum absolute atomic E-state index is 0.0447. The summed E-state index contributed by atoms with van der Waals surface area (Å²) in [5.74, 6) is -0.998. The number of methoxy groups -OCH3 is 1. The van der Waals surface area contributed by atoms with Crippen LogP contribution in [0.25, 0.3) is 22.1 Å². The van der Waals surface area contributed by atoms with Crippen LogP contribution in [0.3, 0.4) is 0 Å². The molecule has 3 aliphatic rings. The quantitative estimate of drug-likeness (QED) is 0.300. The van der Waals surface area contributed by atoms with Crippen molar-refractivity contribution in [3.63, 3.8) is 0 Å². The Bertz CT molecular complexity index is 1730. The Morgan fingerprint density at radius 3 is 2.31 bits per heavy atom. The van der Waals surface area contributed by atoms with E-state index in [9.17, 15) is 26.8 Å². The fourth-order valence-electron chi connectivity index (χ4n) is 5.76. The smallest absolute Gasteiger partial charge is 0.287 e. The van der Waals surface area contributed by atoms with Crippen LogP contribution in [-0.2, 0) is 14.6 Å². The highest BCUT2D eigenvalue weighted by atomic mass is 32.2. The summed E-state index contributed by atoms with van der Waals surface area (Å²) >= 11 is 0. The van der Waals surface area contributed by atoms with Gasteiger partial charge in [-0.25, -0.2) is 17.2 Å². The van der Waals surface area contributed by atoms with Crippen molar-refractivity contribution in [2.45, 2.75) is 79.4 Å². The molecular formula is C32H31F2NO6S. The number of carbonyl (C=O) groups excluding carboxylic acids is 2. The number of terminal acetylenes is 1. The molecule has 0 saturated heterocycles. The van der Waals surface area contributed by atoms with E-state index in [1.807, 2.05) is 6.07 Å². The summed E-state index contributed by atoms with van der Waals surface area (Å²) in [4.78, 5) is 27.0. The van der Waals surface area contributed by atoms with Gasteiger partial charge in [0.15, 0.2) is 21.4 Å². The number of fused-ring (bicyclic) bond motifs is 1. The molecule has 1 amide bonds.